The van der Waals surface area contributed by atoms with E-state index < -0.39 is 0 Å². The number of hydrogen-bond acceptors (Lipinski definition) is 3. The number of hydrogen-bond donors (Lipinski definition) is 2. The predicted molar refractivity (Wildman–Crippen MR) is 95.3 cm³/mol. The number of carbonyl (C=O) groups is 1. The van der Waals surface area contributed by atoms with Crippen LogP contribution in [0.4, 0.5) is 0 Å². The molecular formula is C17H20Cl2N4O. The van der Waals surface area contributed by atoms with Crippen molar-refractivity contribution < 1.29 is 4.79 Å². The maximum Gasteiger partial charge on any atom is 0.225 e. The number of aryl methyl sites for hydroxylation is 1. The van der Waals surface area contributed by atoms with E-state index in [1.165, 1.54) is 0 Å². The molecule has 0 radical (unpaired) electrons. The summed E-state index contributed by atoms with van der Waals surface area (Å²) in [4.78, 5) is 12.8. The Kier molecular flexibility index (Phi) is 5.13. The normalized spacial score (nSPS) is 21.7. The van der Waals surface area contributed by atoms with E-state index in [2.05, 4.69) is 15.7 Å². The Morgan fingerprint density at radius 1 is 1.42 bits per heavy atom. The topological polar surface area (TPSA) is 59.0 Å². The molecule has 1 aliphatic rings. The molecule has 1 saturated heterocycles. The second kappa shape index (κ2) is 7.13. The van der Waals surface area contributed by atoms with Crippen LogP contribution in [0.2, 0.25) is 10.0 Å². The molecule has 3 atom stereocenters. The molecule has 1 fully saturated rings. The minimum atomic E-state index is -0.183. The van der Waals surface area contributed by atoms with Crippen LogP contribution in [0.15, 0.2) is 30.6 Å². The zero-order valence-electron chi connectivity index (χ0n) is 13.6. The fourth-order valence-electron chi connectivity index (χ4n) is 3.19. The molecule has 0 aliphatic carbocycles. The summed E-state index contributed by atoms with van der Waals surface area (Å²) < 4.78 is 1.76. The van der Waals surface area contributed by atoms with Crippen LogP contribution in [0.3, 0.4) is 0 Å². The fourth-order valence-corrected chi connectivity index (χ4v) is 3.76. The fraction of sp³-hybridized carbons (Fsp3) is 0.412. The van der Waals surface area contributed by atoms with Crippen LogP contribution in [-0.4, -0.2) is 28.8 Å². The van der Waals surface area contributed by atoms with E-state index in [4.69, 9.17) is 23.2 Å². The summed E-state index contributed by atoms with van der Waals surface area (Å²) in [6.45, 7) is 3.36. The highest BCUT2D eigenvalue weighted by atomic mass is 35.5. The molecule has 0 spiro atoms. The van der Waals surface area contributed by atoms with Crippen molar-refractivity contribution in [1.29, 1.82) is 0 Å². The zero-order chi connectivity index (χ0) is 17.3. The highest BCUT2D eigenvalue weighted by Gasteiger charge is 2.35. The highest BCUT2D eigenvalue weighted by molar-refractivity contribution is 6.35. The molecule has 3 rings (SSSR count). The zero-order valence-corrected chi connectivity index (χ0v) is 15.1. The Hall–Kier alpha value is -1.56. The Labute approximate surface area is 151 Å². The van der Waals surface area contributed by atoms with Crippen molar-refractivity contribution in [3.05, 3.63) is 51.8 Å². The van der Waals surface area contributed by atoms with Gasteiger partial charge in [0.15, 0.2) is 0 Å². The SMILES string of the molecule is CC(NC(=O)[C@H]1CNC[C@@H]1c1cnn(C)c1)c1ccc(Cl)cc1Cl. The molecule has 0 bridgehead atoms. The molecule has 1 aliphatic heterocycles. The first-order chi connectivity index (χ1) is 11.5. The van der Waals surface area contributed by atoms with Gasteiger partial charge in [0, 0.05) is 42.3 Å². The van der Waals surface area contributed by atoms with Gasteiger partial charge in [0.25, 0.3) is 0 Å². The van der Waals surface area contributed by atoms with Gasteiger partial charge in [0.05, 0.1) is 18.2 Å². The van der Waals surface area contributed by atoms with Crippen LogP contribution in [0.5, 0.6) is 0 Å². The van der Waals surface area contributed by atoms with Gasteiger partial charge in [-0.05, 0) is 30.2 Å². The molecular weight excluding hydrogens is 347 g/mol. The van der Waals surface area contributed by atoms with Crippen LogP contribution >= 0.6 is 23.2 Å². The van der Waals surface area contributed by atoms with Crippen LogP contribution < -0.4 is 10.6 Å². The number of halogens is 2. The van der Waals surface area contributed by atoms with Gasteiger partial charge < -0.3 is 10.6 Å². The average molecular weight is 367 g/mol. The first-order valence-electron chi connectivity index (χ1n) is 7.90. The second-order valence-corrected chi connectivity index (χ2v) is 7.06. The van der Waals surface area contributed by atoms with Gasteiger partial charge in [0.1, 0.15) is 0 Å². The summed E-state index contributed by atoms with van der Waals surface area (Å²) in [6, 6.07) is 5.14. The number of benzene rings is 1. The largest absolute Gasteiger partial charge is 0.349 e. The Balaban J connectivity index is 1.71. The lowest BCUT2D eigenvalue weighted by Crippen LogP contribution is -2.36. The molecule has 1 aromatic carbocycles. The van der Waals surface area contributed by atoms with E-state index in [0.29, 0.717) is 16.6 Å². The molecule has 2 aromatic rings. The third-order valence-corrected chi connectivity index (χ3v) is 5.05. The highest BCUT2D eigenvalue weighted by Crippen LogP contribution is 2.30. The number of rotatable bonds is 4. The maximum atomic E-state index is 12.8. The van der Waals surface area contributed by atoms with Crippen LogP contribution in [0.25, 0.3) is 0 Å². The minimum Gasteiger partial charge on any atom is -0.349 e. The molecule has 1 amide bonds. The summed E-state index contributed by atoms with van der Waals surface area (Å²) in [5, 5.41) is 11.7. The number of amides is 1. The van der Waals surface area contributed by atoms with Gasteiger partial charge in [-0.1, -0.05) is 29.3 Å². The van der Waals surface area contributed by atoms with E-state index in [-0.39, 0.29) is 23.8 Å². The molecule has 1 aromatic heterocycles. The van der Waals surface area contributed by atoms with Crippen molar-refractivity contribution in [1.82, 2.24) is 20.4 Å². The Bertz CT molecular complexity index is 746. The molecule has 5 nitrogen and oxygen atoms in total. The van der Waals surface area contributed by atoms with Crippen molar-refractivity contribution in [2.24, 2.45) is 13.0 Å². The Morgan fingerprint density at radius 2 is 2.21 bits per heavy atom. The van der Waals surface area contributed by atoms with Crippen molar-refractivity contribution in [2.45, 2.75) is 18.9 Å². The maximum absolute atomic E-state index is 12.8. The molecule has 0 saturated carbocycles. The lowest BCUT2D eigenvalue weighted by Gasteiger charge is -2.21. The molecule has 2 N–H and O–H groups in total. The van der Waals surface area contributed by atoms with Gasteiger partial charge >= 0.3 is 0 Å². The summed E-state index contributed by atoms with van der Waals surface area (Å²) in [5.74, 6) is 0.0293. The monoisotopic (exact) mass is 366 g/mol. The summed E-state index contributed by atoms with van der Waals surface area (Å²) in [7, 11) is 1.88. The number of carbonyl (C=O) groups excluding carboxylic acids is 1. The number of nitrogens with one attached hydrogen (secondary N) is 2. The van der Waals surface area contributed by atoms with E-state index in [1.807, 2.05) is 32.4 Å². The lowest BCUT2D eigenvalue weighted by atomic mass is 9.90. The van der Waals surface area contributed by atoms with Gasteiger partial charge in [0.2, 0.25) is 5.91 Å². The van der Waals surface area contributed by atoms with Gasteiger partial charge in [-0.2, -0.15) is 5.10 Å². The minimum absolute atomic E-state index is 0.0207. The third kappa shape index (κ3) is 3.58. The van der Waals surface area contributed by atoms with Crippen molar-refractivity contribution in [3.63, 3.8) is 0 Å². The standard InChI is InChI=1S/C17H20Cl2N4O/c1-10(13-4-3-12(18)5-16(13)19)22-17(24)15-8-20-7-14(15)11-6-21-23(2)9-11/h3-6,9-10,14-15,20H,7-8H2,1-2H3,(H,22,24)/t10?,14-,15+/m1/s1. The summed E-state index contributed by atoms with van der Waals surface area (Å²) >= 11 is 12.2. The lowest BCUT2D eigenvalue weighted by molar-refractivity contribution is -0.125. The van der Waals surface area contributed by atoms with E-state index in [0.717, 1.165) is 17.7 Å². The van der Waals surface area contributed by atoms with E-state index >= 15 is 0 Å². The Morgan fingerprint density at radius 3 is 2.88 bits per heavy atom. The van der Waals surface area contributed by atoms with Crippen molar-refractivity contribution in [2.75, 3.05) is 13.1 Å². The van der Waals surface area contributed by atoms with Gasteiger partial charge in [-0.15, -0.1) is 0 Å². The first-order valence-corrected chi connectivity index (χ1v) is 8.66. The quantitative estimate of drug-likeness (QED) is 0.874. The molecule has 1 unspecified atom stereocenters. The van der Waals surface area contributed by atoms with Crippen LogP contribution in [-0.2, 0) is 11.8 Å². The molecule has 7 heteroatoms. The van der Waals surface area contributed by atoms with Crippen molar-refractivity contribution >= 4 is 29.1 Å². The van der Waals surface area contributed by atoms with Gasteiger partial charge in [-0.25, -0.2) is 0 Å². The van der Waals surface area contributed by atoms with E-state index in [1.54, 1.807) is 16.8 Å². The first kappa shape index (κ1) is 17.3. The van der Waals surface area contributed by atoms with Gasteiger partial charge in [-0.3, -0.25) is 9.48 Å². The second-order valence-electron chi connectivity index (χ2n) is 6.21. The molecule has 2 heterocycles. The summed E-state index contributed by atoms with van der Waals surface area (Å²) in [5.41, 5.74) is 1.94. The van der Waals surface area contributed by atoms with E-state index in [9.17, 15) is 4.79 Å². The number of nitrogens with zero attached hydrogens (tertiary/aromatic N) is 2. The predicted octanol–water partition coefficient (Wildman–Crippen LogP) is 2.91. The number of aromatic nitrogens is 2. The smallest absolute Gasteiger partial charge is 0.225 e. The molecule has 128 valence electrons. The summed E-state index contributed by atoms with van der Waals surface area (Å²) in [6.07, 6.45) is 3.80. The van der Waals surface area contributed by atoms with Crippen molar-refractivity contribution in [3.8, 4) is 0 Å². The molecule has 24 heavy (non-hydrogen) atoms. The van der Waals surface area contributed by atoms with Crippen LogP contribution in [0.1, 0.15) is 30.0 Å². The average Bonchev–Trinajstić information content (AvgIpc) is 3.15. The third-order valence-electron chi connectivity index (χ3n) is 4.49. The van der Waals surface area contributed by atoms with Crippen LogP contribution in [0, 0.1) is 5.92 Å².